The molecule has 1 aromatic rings. The Hall–Kier alpha value is -3.34. The molecule has 35 heavy (non-hydrogen) atoms. The number of carbonyl (C=O) groups excluding carboxylic acids is 2. The molecule has 0 unspecified atom stereocenters. The summed E-state index contributed by atoms with van der Waals surface area (Å²) in [4.78, 5) is 24.7. The summed E-state index contributed by atoms with van der Waals surface area (Å²) >= 11 is 0. The van der Waals surface area contributed by atoms with E-state index in [-0.39, 0.29) is 17.8 Å². The molecule has 5 nitrogen and oxygen atoms in total. The molecule has 0 fully saturated rings. The summed E-state index contributed by atoms with van der Waals surface area (Å²) in [5.41, 5.74) is 5.27. The first-order valence-corrected chi connectivity index (χ1v) is 11.9. The molecule has 0 saturated carbocycles. The molecule has 0 aromatic heterocycles. The molecule has 0 amide bonds. The Balaban J connectivity index is 1.94. The number of allylic oxidation sites excluding steroid dienone is 9. The zero-order valence-corrected chi connectivity index (χ0v) is 22.1. The molecule has 0 saturated heterocycles. The molecule has 1 aromatic carbocycles. The van der Waals surface area contributed by atoms with Crippen molar-refractivity contribution in [3.63, 3.8) is 0 Å². The largest absolute Gasteiger partial charge is 0.497 e. The summed E-state index contributed by atoms with van der Waals surface area (Å²) in [5.74, 6) is -0.0255. The molecule has 2 rings (SSSR count). The third-order valence-electron chi connectivity index (χ3n) is 6.17. The number of ether oxygens (including phenoxy) is 3. The van der Waals surface area contributed by atoms with Crippen LogP contribution in [-0.4, -0.2) is 32.6 Å². The first-order valence-electron chi connectivity index (χ1n) is 11.9. The summed E-state index contributed by atoms with van der Waals surface area (Å²) in [6, 6.07) is 4.90. The molecule has 0 bridgehead atoms. The lowest BCUT2D eigenvalue weighted by Gasteiger charge is -2.32. The quantitative estimate of drug-likeness (QED) is 0.157. The number of benzene rings is 1. The molecule has 5 heteroatoms. The van der Waals surface area contributed by atoms with Crippen molar-refractivity contribution < 1.29 is 23.8 Å². The van der Waals surface area contributed by atoms with Crippen LogP contribution >= 0.6 is 0 Å². The fraction of sp³-hybridized carbons (Fsp3) is 0.400. The number of esters is 1. The Kier molecular flexibility index (Phi) is 10.3. The SMILES string of the molecule is COc1ccc(OC)c(C(=O)COC(=O)/C=C(C)/C=C/C=C(C)/C=C/C2=C(C)CCCC2(C)C)c1. The van der Waals surface area contributed by atoms with E-state index in [1.165, 1.54) is 50.7 Å². The van der Waals surface area contributed by atoms with Gasteiger partial charge < -0.3 is 14.2 Å². The van der Waals surface area contributed by atoms with Gasteiger partial charge in [-0.3, -0.25) is 4.79 Å². The van der Waals surface area contributed by atoms with Gasteiger partial charge in [-0.2, -0.15) is 0 Å². The minimum absolute atomic E-state index is 0.216. The fourth-order valence-electron chi connectivity index (χ4n) is 4.15. The van der Waals surface area contributed by atoms with Crippen molar-refractivity contribution in [1.82, 2.24) is 0 Å². The lowest BCUT2D eigenvalue weighted by molar-refractivity contribution is -0.136. The lowest BCUT2D eigenvalue weighted by Crippen LogP contribution is -2.19. The van der Waals surface area contributed by atoms with E-state index in [1.54, 1.807) is 18.2 Å². The molecule has 0 atom stereocenters. The van der Waals surface area contributed by atoms with E-state index in [0.717, 1.165) is 11.1 Å². The summed E-state index contributed by atoms with van der Waals surface area (Å²) in [6.07, 6.45) is 15.1. The van der Waals surface area contributed by atoms with Crippen molar-refractivity contribution in [2.75, 3.05) is 20.8 Å². The van der Waals surface area contributed by atoms with Gasteiger partial charge in [0.2, 0.25) is 5.78 Å². The van der Waals surface area contributed by atoms with E-state index in [4.69, 9.17) is 14.2 Å². The third-order valence-corrected chi connectivity index (χ3v) is 6.17. The molecule has 0 heterocycles. The van der Waals surface area contributed by atoms with Gasteiger partial charge in [0.25, 0.3) is 0 Å². The maximum Gasteiger partial charge on any atom is 0.331 e. The number of rotatable bonds is 10. The Bertz CT molecular complexity index is 1080. The Morgan fingerprint density at radius 1 is 1.06 bits per heavy atom. The summed E-state index contributed by atoms with van der Waals surface area (Å²) in [6.45, 7) is 10.3. The average molecular weight is 479 g/mol. The highest BCUT2D eigenvalue weighted by Crippen LogP contribution is 2.40. The molecule has 0 radical (unpaired) electrons. The van der Waals surface area contributed by atoms with Crippen molar-refractivity contribution in [1.29, 1.82) is 0 Å². The minimum atomic E-state index is -0.579. The van der Waals surface area contributed by atoms with Crippen LogP contribution in [0.4, 0.5) is 0 Å². The van der Waals surface area contributed by atoms with Gasteiger partial charge in [-0.1, -0.05) is 55.4 Å². The van der Waals surface area contributed by atoms with Crippen LogP contribution in [-0.2, 0) is 9.53 Å². The maximum atomic E-state index is 12.5. The lowest BCUT2D eigenvalue weighted by atomic mass is 9.72. The van der Waals surface area contributed by atoms with Crippen molar-refractivity contribution in [2.45, 2.75) is 53.9 Å². The standard InChI is InChI=1S/C30H38O5/c1-21(13-15-26-23(3)12-9-17-30(26,4)5)10-8-11-22(2)18-29(32)35-20-27(31)25-19-24(33-6)14-16-28(25)34-7/h8,10-11,13-16,18-19H,9,12,17,20H2,1-7H3/b11-8+,15-13+,21-10+,22-18+. The highest BCUT2D eigenvalue weighted by Gasteiger charge is 2.26. The molecule has 1 aliphatic rings. The Morgan fingerprint density at radius 2 is 1.80 bits per heavy atom. The Labute approximate surface area is 209 Å². The van der Waals surface area contributed by atoms with Gasteiger partial charge in [0.05, 0.1) is 19.8 Å². The topological polar surface area (TPSA) is 61.8 Å². The number of Topliss-reactive ketones (excluding diaryl/α,β-unsaturated/α-hetero) is 1. The second kappa shape index (κ2) is 12.9. The van der Waals surface area contributed by atoms with Crippen LogP contribution in [0, 0.1) is 5.41 Å². The van der Waals surface area contributed by atoms with E-state index < -0.39 is 5.97 Å². The number of carbonyl (C=O) groups is 2. The highest BCUT2D eigenvalue weighted by molar-refractivity contribution is 6.01. The predicted octanol–water partition coefficient (Wildman–Crippen LogP) is 6.96. The van der Waals surface area contributed by atoms with Crippen LogP contribution in [0.15, 0.2) is 76.9 Å². The minimum Gasteiger partial charge on any atom is -0.497 e. The third kappa shape index (κ3) is 8.43. The van der Waals surface area contributed by atoms with Gasteiger partial charge in [0.15, 0.2) is 6.61 Å². The van der Waals surface area contributed by atoms with E-state index in [1.807, 2.05) is 25.2 Å². The van der Waals surface area contributed by atoms with Gasteiger partial charge >= 0.3 is 5.97 Å². The monoisotopic (exact) mass is 478 g/mol. The second-order valence-electron chi connectivity index (χ2n) is 9.52. The first kappa shape index (κ1) is 27.9. The summed E-state index contributed by atoms with van der Waals surface area (Å²) in [7, 11) is 2.99. The molecular formula is C30H38O5. The van der Waals surface area contributed by atoms with Crippen LogP contribution in [0.5, 0.6) is 11.5 Å². The zero-order valence-electron chi connectivity index (χ0n) is 22.1. The number of methoxy groups -OCH3 is 2. The van der Waals surface area contributed by atoms with Crippen LogP contribution in [0.2, 0.25) is 0 Å². The van der Waals surface area contributed by atoms with Gasteiger partial charge in [-0.15, -0.1) is 0 Å². The van der Waals surface area contributed by atoms with Crippen molar-refractivity contribution in [2.24, 2.45) is 5.41 Å². The summed E-state index contributed by atoms with van der Waals surface area (Å²) in [5, 5.41) is 0. The van der Waals surface area contributed by atoms with Gasteiger partial charge in [-0.25, -0.2) is 4.79 Å². The number of hydrogen-bond donors (Lipinski definition) is 0. The Morgan fingerprint density at radius 3 is 2.46 bits per heavy atom. The van der Waals surface area contributed by atoms with Gasteiger partial charge in [-0.05, 0) is 74.8 Å². The molecule has 0 spiro atoms. The van der Waals surface area contributed by atoms with Crippen molar-refractivity contribution >= 4 is 11.8 Å². The van der Waals surface area contributed by atoms with Crippen LogP contribution in [0.1, 0.15) is 64.2 Å². The average Bonchev–Trinajstić information content (AvgIpc) is 2.81. The molecule has 1 aliphatic carbocycles. The molecule has 0 aliphatic heterocycles. The van der Waals surface area contributed by atoms with Crippen molar-refractivity contribution in [3.05, 3.63) is 82.5 Å². The zero-order chi connectivity index (χ0) is 26.0. The maximum absolute atomic E-state index is 12.5. The highest BCUT2D eigenvalue weighted by atomic mass is 16.5. The van der Waals surface area contributed by atoms with E-state index in [0.29, 0.717) is 17.1 Å². The van der Waals surface area contributed by atoms with Gasteiger partial charge in [0, 0.05) is 6.08 Å². The van der Waals surface area contributed by atoms with E-state index in [9.17, 15) is 9.59 Å². The molecule has 188 valence electrons. The fourth-order valence-corrected chi connectivity index (χ4v) is 4.15. The van der Waals surface area contributed by atoms with Crippen LogP contribution in [0.3, 0.4) is 0 Å². The molecule has 0 N–H and O–H groups in total. The predicted molar refractivity (Wildman–Crippen MR) is 141 cm³/mol. The smallest absolute Gasteiger partial charge is 0.331 e. The number of ketones is 1. The van der Waals surface area contributed by atoms with Crippen molar-refractivity contribution in [3.8, 4) is 11.5 Å². The molecular weight excluding hydrogens is 440 g/mol. The first-order chi connectivity index (χ1) is 16.6. The van der Waals surface area contributed by atoms with E-state index >= 15 is 0 Å². The van der Waals surface area contributed by atoms with Crippen LogP contribution < -0.4 is 9.47 Å². The van der Waals surface area contributed by atoms with E-state index in [2.05, 4.69) is 39.8 Å². The normalized spacial score (nSPS) is 16.7. The summed E-state index contributed by atoms with van der Waals surface area (Å²) < 4.78 is 15.5. The van der Waals surface area contributed by atoms with Gasteiger partial charge in [0.1, 0.15) is 11.5 Å². The number of hydrogen-bond acceptors (Lipinski definition) is 5. The second-order valence-corrected chi connectivity index (χ2v) is 9.52. The van der Waals surface area contributed by atoms with Crippen LogP contribution in [0.25, 0.3) is 0 Å².